The average Bonchev–Trinajstić information content (AvgIpc) is 3.51. The fraction of sp³-hybridized carbons (Fsp3) is 0.367. The summed E-state index contributed by atoms with van der Waals surface area (Å²) < 4.78 is 22.2. The van der Waals surface area contributed by atoms with E-state index in [-0.39, 0.29) is 30.4 Å². The molecule has 3 aromatic rings. The van der Waals surface area contributed by atoms with Gasteiger partial charge in [-0.2, -0.15) is 0 Å². The van der Waals surface area contributed by atoms with Gasteiger partial charge in [-0.15, -0.1) is 0 Å². The standard InChI is InChI=1S/C30H35N5O6/c1-20-17-22(39-14-13-35-11-9-34(2)10-12-35)6-7-24(20)33-29-26(30(37)40-16-15-38-3)27(36)25(41-29)18-21-19-32-28-23(21)5-4-8-31-28/h4-8,17-19,33H,9-16H2,1-3H3,(H,31,32). The van der Waals surface area contributed by atoms with Crippen LogP contribution in [0.15, 0.2) is 59.9 Å². The Hall–Kier alpha value is -4.19. The number of nitrogens with zero attached hydrogens (tertiary/aromatic N) is 3. The first-order valence-electron chi connectivity index (χ1n) is 13.6. The highest BCUT2D eigenvalue weighted by molar-refractivity contribution is 6.26. The van der Waals surface area contributed by atoms with E-state index in [0.29, 0.717) is 23.5 Å². The molecule has 11 nitrogen and oxygen atoms in total. The van der Waals surface area contributed by atoms with Gasteiger partial charge < -0.3 is 34.1 Å². The summed E-state index contributed by atoms with van der Waals surface area (Å²) in [6.07, 6.45) is 5.00. The van der Waals surface area contributed by atoms with Crippen LogP contribution < -0.4 is 10.1 Å². The number of aromatic amines is 1. The molecule has 0 saturated carbocycles. The number of hydrogen-bond donors (Lipinski definition) is 2. The first-order valence-corrected chi connectivity index (χ1v) is 13.6. The van der Waals surface area contributed by atoms with Crippen molar-refractivity contribution in [1.29, 1.82) is 0 Å². The van der Waals surface area contributed by atoms with E-state index in [0.717, 1.165) is 49.4 Å². The van der Waals surface area contributed by atoms with Crippen molar-refractivity contribution in [3.8, 4) is 5.75 Å². The predicted molar refractivity (Wildman–Crippen MR) is 154 cm³/mol. The van der Waals surface area contributed by atoms with Gasteiger partial charge in [-0.1, -0.05) is 0 Å². The van der Waals surface area contributed by atoms with E-state index in [1.54, 1.807) is 18.5 Å². The molecule has 2 aliphatic rings. The van der Waals surface area contributed by atoms with E-state index in [4.69, 9.17) is 18.9 Å². The van der Waals surface area contributed by atoms with E-state index in [9.17, 15) is 9.59 Å². The normalized spacial score (nSPS) is 17.3. The highest BCUT2D eigenvalue weighted by Gasteiger charge is 2.37. The van der Waals surface area contributed by atoms with Crippen molar-refractivity contribution in [2.75, 3.05) is 72.0 Å². The Morgan fingerprint density at radius 2 is 2.00 bits per heavy atom. The monoisotopic (exact) mass is 561 g/mol. The number of aromatic nitrogens is 2. The number of ketones is 1. The smallest absolute Gasteiger partial charge is 0.347 e. The molecule has 41 heavy (non-hydrogen) atoms. The predicted octanol–water partition coefficient (Wildman–Crippen LogP) is 2.95. The molecule has 2 aliphatic heterocycles. The molecular formula is C30H35N5O6. The third-order valence-electron chi connectivity index (χ3n) is 7.10. The maximum absolute atomic E-state index is 13.4. The second kappa shape index (κ2) is 13.0. The van der Waals surface area contributed by atoms with E-state index in [1.165, 1.54) is 7.11 Å². The molecule has 0 atom stereocenters. The van der Waals surface area contributed by atoms with Crippen LogP contribution in [0.4, 0.5) is 5.69 Å². The van der Waals surface area contributed by atoms with Crippen LogP contribution in [-0.2, 0) is 23.8 Å². The second-order valence-electron chi connectivity index (χ2n) is 10.0. The molecule has 11 heteroatoms. The number of Topliss-reactive ketones (excluding diaryl/α,β-unsaturated/α-hetero) is 1. The summed E-state index contributed by atoms with van der Waals surface area (Å²) >= 11 is 0. The van der Waals surface area contributed by atoms with Gasteiger partial charge in [-0.3, -0.25) is 9.69 Å². The molecule has 0 aliphatic carbocycles. The number of piperazine rings is 1. The van der Waals surface area contributed by atoms with Gasteiger partial charge in [0.1, 0.15) is 24.6 Å². The molecule has 1 saturated heterocycles. The van der Waals surface area contributed by atoms with Crippen LogP contribution in [0.1, 0.15) is 11.1 Å². The van der Waals surface area contributed by atoms with Crippen LogP contribution in [0.2, 0.25) is 0 Å². The Labute approximate surface area is 238 Å². The van der Waals surface area contributed by atoms with Crippen LogP contribution >= 0.6 is 0 Å². The van der Waals surface area contributed by atoms with Gasteiger partial charge in [0.15, 0.2) is 11.3 Å². The zero-order valence-electron chi connectivity index (χ0n) is 23.6. The number of carbonyl (C=O) groups is 2. The fourth-order valence-electron chi connectivity index (χ4n) is 4.68. The third kappa shape index (κ3) is 6.76. The van der Waals surface area contributed by atoms with Gasteiger partial charge in [0, 0.05) is 68.9 Å². The Kier molecular flexibility index (Phi) is 8.98. The number of esters is 1. The van der Waals surface area contributed by atoms with Crippen LogP contribution in [0.3, 0.4) is 0 Å². The number of nitrogens with one attached hydrogen (secondary N) is 2. The lowest BCUT2D eigenvalue weighted by Crippen LogP contribution is -2.45. The molecule has 0 amide bonds. The molecule has 0 radical (unpaired) electrons. The lowest BCUT2D eigenvalue weighted by Gasteiger charge is -2.32. The number of allylic oxidation sites excluding steroid dienone is 1. The molecule has 2 N–H and O–H groups in total. The fourth-order valence-corrected chi connectivity index (χ4v) is 4.68. The van der Waals surface area contributed by atoms with Gasteiger partial charge in [-0.05, 0) is 55.9 Å². The topological polar surface area (TPSA) is 118 Å². The molecule has 1 fully saturated rings. The third-order valence-corrected chi connectivity index (χ3v) is 7.10. The summed E-state index contributed by atoms with van der Waals surface area (Å²) in [5.74, 6) is -0.618. The Morgan fingerprint density at radius 3 is 2.78 bits per heavy atom. The summed E-state index contributed by atoms with van der Waals surface area (Å²) in [6.45, 7) is 7.80. The number of rotatable bonds is 11. The van der Waals surface area contributed by atoms with Gasteiger partial charge >= 0.3 is 5.97 Å². The molecule has 0 spiro atoms. The van der Waals surface area contributed by atoms with Gasteiger partial charge in [0.25, 0.3) is 0 Å². The van der Waals surface area contributed by atoms with Crippen molar-refractivity contribution >= 4 is 34.5 Å². The molecule has 0 unspecified atom stereocenters. The molecule has 216 valence electrons. The summed E-state index contributed by atoms with van der Waals surface area (Å²) in [5, 5.41) is 3.94. The van der Waals surface area contributed by atoms with E-state index < -0.39 is 11.8 Å². The zero-order chi connectivity index (χ0) is 28.8. The van der Waals surface area contributed by atoms with E-state index in [2.05, 4.69) is 32.1 Å². The summed E-state index contributed by atoms with van der Waals surface area (Å²) in [7, 11) is 3.64. The highest BCUT2D eigenvalue weighted by atomic mass is 16.6. The number of ether oxygens (including phenoxy) is 4. The minimum absolute atomic E-state index is 0.00235. The number of benzene rings is 1. The Balaban J connectivity index is 1.31. The number of anilines is 1. The SMILES string of the molecule is COCCOC(=O)C1=C(Nc2ccc(OCCN3CCN(C)CC3)cc2C)OC(=Cc2c[nH]c3ncccc23)C1=O. The van der Waals surface area contributed by atoms with Gasteiger partial charge in [0.05, 0.1) is 6.61 Å². The van der Waals surface area contributed by atoms with Gasteiger partial charge in [0.2, 0.25) is 11.7 Å². The largest absolute Gasteiger partial charge is 0.492 e. The molecular weight excluding hydrogens is 526 g/mol. The Morgan fingerprint density at radius 1 is 1.17 bits per heavy atom. The number of H-pyrrole nitrogens is 1. The molecule has 1 aromatic carbocycles. The summed E-state index contributed by atoms with van der Waals surface area (Å²) in [4.78, 5) is 38.4. The maximum atomic E-state index is 13.4. The number of aryl methyl sites for hydroxylation is 1. The van der Waals surface area contributed by atoms with Crippen LogP contribution in [-0.4, -0.2) is 98.2 Å². The van der Waals surface area contributed by atoms with Crippen LogP contribution in [0, 0.1) is 6.92 Å². The molecule has 4 heterocycles. The summed E-state index contributed by atoms with van der Waals surface area (Å²) in [6, 6.07) is 9.29. The minimum atomic E-state index is -0.792. The quantitative estimate of drug-likeness (QED) is 0.157. The first kappa shape index (κ1) is 28.3. The Bertz CT molecular complexity index is 1470. The number of pyridine rings is 1. The lowest BCUT2D eigenvalue weighted by molar-refractivity contribution is -0.141. The van der Waals surface area contributed by atoms with Gasteiger partial charge in [-0.25, -0.2) is 9.78 Å². The lowest BCUT2D eigenvalue weighted by atomic mass is 10.1. The number of carbonyl (C=O) groups excluding carboxylic acids is 2. The number of methoxy groups -OCH3 is 1. The van der Waals surface area contributed by atoms with Crippen molar-refractivity contribution in [2.45, 2.75) is 6.92 Å². The van der Waals surface area contributed by atoms with Crippen molar-refractivity contribution in [2.24, 2.45) is 0 Å². The number of fused-ring (bicyclic) bond motifs is 1. The van der Waals surface area contributed by atoms with E-state index in [1.807, 2.05) is 37.3 Å². The number of hydrogen-bond acceptors (Lipinski definition) is 10. The van der Waals surface area contributed by atoms with Crippen LogP contribution in [0.5, 0.6) is 5.75 Å². The van der Waals surface area contributed by atoms with Crippen LogP contribution in [0.25, 0.3) is 17.1 Å². The zero-order valence-corrected chi connectivity index (χ0v) is 23.6. The van der Waals surface area contributed by atoms with Crippen molar-refractivity contribution < 1.29 is 28.5 Å². The second-order valence-corrected chi connectivity index (χ2v) is 10.0. The van der Waals surface area contributed by atoms with E-state index >= 15 is 0 Å². The van der Waals surface area contributed by atoms with Crippen molar-refractivity contribution in [3.05, 3.63) is 71.1 Å². The number of likely N-dealkylation sites (N-methyl/N-ethyl adjacent to an activating group) is 1. The van der Waals surface area contributed by atoms with Crippen molar-refractivity contribution in [3.63, 3.8) is 0 Å². The minimum Gasteiger partial charge on any atom is -0.492 e. The maximum Gasteiger partial charge on any atom is 0.347 e. The molecule has 2 aromatic heterocycles. The summed E-state index contributed by atoms with van der Waals surface area (Å²) in [5.41, 5.74) is 2.70. The molecule has 5 rings (SSSR count). The van der Waals surface area contributed by atoms with Crippen molar-refractivity contribution in [1.82, 2.24) is 19.8 Å². The first-order chi connectivity index (χ1) is 19.9. The average molecular weight is 562 g/mol. The molecule has 0 bridgehead atoms. The highest BCUT2D eigenvalue weighted by Crippen LogP contribution is 2.32.